The van der Waals surface area contributed by atoms with Crippen molar-refractivity contribution in [2.45, 2.75) is 31.3 Å². The summed E-state index contributed by atoms with van der Waals surface area (Å²) in [4.78, 5) is 13.4. The maximum Gasteiger partial charge on any atom is 0.251 e. The van der Waals surface area contributed by atoms with Crippen LogP contribution in [-0.4, -0.2) is 43.4 Å². The minimum absolute atomic E-state index is 0.0398. The van der Waals surface area contributed by atoms with Gasteiger partial charge in [0, 0.05) is 28.2 Å². The van der Waals surface area contributed by atoms with E-state index in [1.807, 2.05) is 30.3 Å². The van der Waals surface area contributed by atoms with Crippen LogP contribution in [0.3, 0.4) is 0 Å². The van der Waals surface area contributed by atoms with Crippen LogP contribution in [0.4, 0.5) is 0 Å². The van der Waals surface area contributed by atoms with E-state index < -0.39 is 15.6 Å². The highest BCUT2D eigenvalue weighted by molar-refractivity contribution is 7.89. The Morgan fingerprint density at radius 1 is 1.10 bits per heavy atom. The molecule has 0 fully saturated rings. The highest BCUT2D eigenvalue weighted by atomic mass is 32.2. The zero-order chi connectivity index (χ0) is 21.9. The van der Waals surface area contributed by atoms with Crippen LogP contribution in [0.2, 0.25) is 0 Å². The van der Waals surface area contributed by atoms with Crippen molar-refractivity contribution in [2.75, 3.05) is 19.6 Å². The minimum atomic E-state index is -3.57. The van der Waals surface area contributed by atoms with Crippen LogP contribution in [0, 0.1) is 0 Å². The monoisotopic (exact) mass is 446 g/mol. The average molecular weight is 447 g/mol. The number of thiophene rings is 1. The molecule has 2 aromatic carbocycles. The van der Waals surface area contributed by atoms with Gasteiger partial charge in [-0.25, -0.2) is 8.42 Å². The summed E-state index contributed by atoms with van der Waals surface area (Å²) in [5.41, 5.74) is -0.883. The molecule has 3 rings (SSSR count). The first-order valence-corrected chi connectivity index (χ1v) is 12.0. The standard InChI is InChI=1S/C22H26N2O4S2/c1-4-24(5-2)30(27,28)18-12-10-16(11-13-18)21(25)23-15-22(3,26)20-14-17-8-6-7-9-19(17)29-20/h6-14,26H,4-5,15H2,1-3H3,(H,23,25). The normalized spacial score (nSPS) is 14.0. The largest absolute Gasteiger partial charge is 0.383 e. The lowest BCUT2D eigenvalue weighted by atomic mass is 10.0. The van der Waals surface area contributed by atoms with Crippen LogP contribution in [0.1, 0.15) is 36.0 Å². The smallest absolute Gasteiger partial charge is 0.251 e. The van der Waals surface area contributed by atoms with Gasteiger partial charge >= 0.3 is 0 Å². The lowest BCUT2D eigenvalue weighted by molar-refractivity contribution is 0.0557. The van der Waals surface area contributed by atoms with Crippen LogP contribution < -0.4 is 5.32 Å². The molecule has 0 aliphatic rings. The topological polar surface area (TPSA) is 86.7 Å². The molecule has 1 unspecified atom stereocenters. The maximum atomic E-state index is 12.6. The second-order valence-corrected chi connectivity index (χ2v) is 10.2. The third-order valence-corrected chi connectivity index (χ3v) is 8.44. The highest BCUT2D eigenvalue weighted by Gasteiger charge is 2.27. The fourth-order valence-corrected chi connectivity index (χ4v) is 5.74. The zero-order valence-corrected chi connectivity index (χ0v) is 18.9. The summed E-state index contributed by atoms with van der Waals surface area (Å²) >= 11 is 1.49. The summed E-state index contributed by atoms with van der Waals surface area (Å²) in [7, 11) is -3.57. The molecule has 2 N–H and O–H groups in total. The molecule has 1 aromatic heterocycles. The van der Waals surface area contributed by atoms with Crippen molar-refractivity contribution >= 4 is 37.4 Å². The minimum Gasteiger partial charge on any atom is -0.383 e. The van der Waals surface area contributed by atoms with Crippen LogP contribution in [-0.2, 0) is 15.6 Å². The second-order valence-electron chi connectivity index (χ2n) is 7.22. The Bertz CT molecular complexity index is 1100. The Morgan fingerprint density at radius 3 is 2.33 bits per heavy atom. The van der Waals surface area contributed by atoms with E-state index in [9.17, 15) is 18.3 Å². The molecule has 0 aliphatic heterocycles. The van der Waals surface area contributed by atoms with Crippen LogP contribution in [0.15, 0.2) is 59.5 Å². The Balaban J connectivity index is 1.70. The van der Waals surface area contributed by atoms with Crippen molar-refractivity contribution in [3.8, 4) is 0 Å². The zero-order valence-electron chi connectivity index (χ0n) is 17.3. The third-order valence-electron chi connectivity index (χ3n) is 5.01. The molecule has 1 amide bonds. The van der Waals surface area contributed by atoms with E-state index in [0.717, 1.165) is 15.0 Å². The predicted octanol–water partition coefficient (Wildman–Crippen LogP) is 3.57. The van der Waals surface area contributed by atoms with E-state index in [4.69, 9.17) is 0 Å². The molecular weight excluding hydrogens is 420 g/mol. The molecule has 1 atom stereocenters. The van der Waals surface area contributed by atoms with Gasteiger partial charge in [0.15, 0.2) is 0 Å². The summed E-state index contributed by atoms with van der Waals surface area (Å²) in [5.74, 6) is -0.372. The van der Waals surface area contributed by atoms with Crippen LogP contribution >= 0.6 is 11.3 Å². The number of sulfonamides is 1. The number of rotatable bonds is 8. The van der Waals surface area contributed by atoms with Gasteiger partial charge in [-0.3, -0.25) is 4.79 Å². The second kappa shape index (κ2) is 8.85. The maximum absolute atomic E-state index is 12.6. The molecule has 8 heteroatoms. The fraction of sp³-hybridized carbons (Fsp3) is 0.318. The van der Waals surface area contributed by atoms with Crippen LogP contribution in [0.25, 0.3) is 10.1 Å². The molecule has 0 aliphatic carbocycles. The summed E-state index contributed by atoms with van der Waals surface area (Å²) in [6, 6.07) is 15.6. The third kappa shape index (κ3) is 4.57. The molecule has 0 saturated carbocycles. The van der Waals surface area contributed by atoms with Gasteiger partial charge in [-0.05, 0) is 48.7 Å². The molecule has 0 bridgehead atoms. The summed E-state index contributed by atoms with van der Waals surface area (Å²) in [5, 5.41) is 14.7. The van der Waals surface area contributed by atoms with Crippen molar-refractivity contribution in [2.24, 2.45) is 0 Å². The van der Waals surface area contributed by atoms with Gasteiger partial charge in [0.1, 0.15) is 5.60 Å². The SMILES string of the molecule is CCN(CC)S(=O)(=O)c1ccc(C(=O)NCC(C)(O)c2cc3ccccc3s2)cc1. The molecule has 30 heavy (non-hydrogen) atoms. The summed E-state index contributed by atoms with van der Waals surface area (Å²) in [6.45, 7) is 6.04. The van der Waals surface area contributed by atoms with Crippen LogP contribution in [0.5, 0.6) is 0 Å². The van der Waals surface area contributed by atoms with Gasteiger partial charge in [-0.15, -0.1) is 11.3 Å². The molecule has 6 nitrogen and oxygen atoms in total. The number of carbonyl (C=O) groups excluding carboxylic acids is 1. The number of aliphatic hydroxyl groups is 1. The van der Waals surface area contributed by atoms with Gasteiger partial charge < -0.3 is 10.4 Å². The number of carbonyl (C=O) groups is 1. The first-order chi connectivity index (χ1) is 14.2. The Morgan fingerprint density at radius 2 is 1.73 bits per heavy atom. The van der Waals surface area contributed by atoms with E-state index in [2.05, 4.69) is 5.32 Å². The van der Waals surface area contributed by atoms with Gasteiger partial charge in [0.05, 0.1) is 11.4 Å². The van der Waals surface area contributed by atoms with Gasteiger partial charge in [0.2, 0.25) is 10.0 Å². The number of amides is 1. The molecule has 0 saturated heterocycles. The van der Waals surface area contributed by atoms with Gasteiger partial charge in [-0.1, -0.05) is 32.0 Å². The van der Waals surface area contributed by atoms with E-state index in [-0.39, 0.29) is 17.3 Å². The lowest BCUT2D eigenvalue weighted by Gasteiger charge is -2.22. The van der Waals surface area contributed by atoms with Crippen molar-refractivity contribution in [3.63, 3.8) is 0 Å². The van der Waals surface area contributed by atoms with Gasteiger partial charge in [-0.2, -0.15) is 4.31 Å². The molecular formula is C22H26N2O4S2. The quantitative estimate of drug-likeness (QED) is 0.554. The van der Waals surface area contributed by atoms with E-state index in [1.54, 1.807) is 20.8 Å². The van der Waals surface area contributed by atoms with Crippen molar-refractivity contribution in [3.05, 3.63) is 65.0 Å². The van der Waals surface area contributed by atoms with E-state index in [1.165, 1.54) is 39.9 Å². The number of fused-ring (bicyclic) bond motifs is 1. The predicted molar refractivity (Wildman–Crippen MR) is 120 cm³/mol. The lowest BCUT2D eigenvalue weighted by Crippen LogP contribution is -2.38. The Kier molecular flexibility index (Phi) is 6.62. The average Bonchev–Trinajstić information content (AvgIpc) is 3.18. The van der Waals surface area contributed by atoms with E-state index in [0.29, 0.717) is 18.7 Å². The summed E-state index contributed by atoms with van der Waals surface area (Å²) < 4.78 is 27.6. The first kappa shape index (κ1) is 22.4. The number of hydrogen-bond donors (Lipinski definition) is 2. The van der Waals surface area contributed by atoms with E-state index >= 15 is 0 Å². The van der Waals surface area contributed by atoms with Crippen molar-refractivity contribution in [1.82, 2.24) is 9.62 Å². The number of nitrogens with one attached hydrogen (secondary N) is 1. The summed E-state index contributed by atoms with van der Waals surface area (Å²) in [6.07, 6.45) is 0. The number of nitrogens with zero attached hydrogens (tertiary/aromatic N) is 1. The highest BCUT2D eigenvalue weighted by Crippen LogP contribution is 2.32. The Hall–Kier alpha value is -2.26. The first-order valence-electron chi connectivity index (χ1n) is 9.79. The molecule has 0 spiro atoms. The molecule has 0 radical (unpaired) electrons. The van der Waals surface area contributed by atoms with Crippen molar-refractivity contribution in [1.29, 1.82) is 0 Å². The molecule has 3 aromatic rings. The fourth-order valence-electron chi connectivity index (χ4n) is 3.18. The van der Waals surface area contributed by atoms with Crippen molar-refractivity contribution < 1.29 is 18.3 Å². The Labute approximate surface area is 181 Å². The number of hydrogen-bond acceptors (Lipinski definition) is 5. The number of benzene rings is 2. The molecule has 160 valence electrons. The molecule has 1 heterocycles. The van der Waals surface area contributed by atoms with Gasteiger partial charge in [0.25, 0.3) is 5.91 Å².